The van der Waals surface area contributed by atoms with Crippen molar-refractivity contribution in [3.8, 4) is 5.75 Å². The molecule has 25 heavy (non-hydrogen) atoms. The van der Waals surface area contributed by atoms with E-state index in [2.05, 4.69) is 5.32 Å². The fraction of sp³-hybridized carbons (Fsp3) is 0.500. The SMILES string of the molecule is COc1ccc(NC(=O)[C@H]2CC(=O)N([C@H]3CCS(=O)(=O)C3)C2)cc1F. The van der Waals surface area contributed by atoms with Gasteiger partial charge in [0.2, 0.25) is 11.8 Å². The van der Waals surface area contributed by atoms with E-state index in [0.717, 1.165) is 6.07 Å². The number of anilines is 1. The van der Waals surface area contributed by atoms with Crippen LogP contribution in [0.25, 0.3) is 0 Å². The number of halogens is 1. The van der Waals surface area contributed by atoms with Crippen molar-refractivity contribution in [3.63, 3.8) is 0 Å². The molecule has 0 spiro atoms. The number of likely N-dealkylation sites (tertiary alicyclic amines) is 1. The molecule has 1 N–H and O–H groups in total. The molecule has 3 rings (SSSR count). The number of nitrogens with zero attached hydrogens (tertiary/aromatic N) is 1. The van der Waals surface area contributed by atoms with Crippen molar-refractivity contribution in [2.24, 2.45) is 5.92 Å². The number of carbonyl (C=O) groups is 2. The number of hydrogen-bond donors (Lipinski definition) is 1. The largest absolute Gasteiger partial charge is 0.494 e. The van der Waals surface area contributed by atoms with Gasteiger partial charge in [-0.3, -0.25) is 9.59 Å². The Morgan fingerprint density at radius 3 is 2.76 bits per heavy atom. The van der Waals surface area contributed by atoms with E-state index in [1.165, 1.54) is 24.1 Å². The first-order chi connectivity index (χ1) is 11.8. The summed E-state index contributed by atoms with van der Waals surface area (Å²) in [6, 6.07) is 3.71. The molecule has 9 heteroatoms. The Morgan fingerprint density at radius 1 is 1.40 bits per heavy atom. The van der Waals surface area contributed by atoms with Crippen molar-refractivity contribution in [2.45, 2.75) is 18.9 Å². The average Bonchev–Trinajstić information content (AvgIpc) is 3.10. The summed E-state index contributed by atoms with van der Waals surface area (Å²) >= 11 is 0. The highest BCUT2D eigenvalue weighted by atomic mass is 32.2. The second-order valence-electron chi connectivity index (χ2n) is 6.34. The van der Waals surface area contributed by atoms with Gasteiger partial charge in [-0.25, -0.2) is 12.8 Å². The minimum atomic E-state index is -3.10. The van der Waals surface area contributed by atoms with Crippen molar-refractivity contribution in [1.82, 2.24) is 4.90 Å². The summed E-state index contributed by atoms with van der Waals surface area (Å²) in [7, 11) is -1.76. The molecule has 0 unspecified atom stereocenters. The molecule has 2 heterocycles. The molecule has 0 bridgehead atoms. The van der Waals surface area contributed by atoms with Crippen LogP contribution in [0.4, 0.5) is 10.1 Å². The van der Waals surface area contributed by atoms with Crippen LogP contribution in [0.2, 0.25) is 0 Å². The van der Waals surface area contributed by atoms with Crippen LogP contribution in [0, 0.1) is 11.7 Å². The molecular weight excluding hydrogens is 351 g/mol. The topological polar surface area (TPSA) is 92.8 Å². The fourth-order valence-corrected chi connectivity index (χ4v) is 5.00. The zero-order valence-electron chi connectivity index (χ0n) is 13.7. The molecule has 2 aliphatic rings. The number of amides is 2. The molecular formula is C16H19FN2O5S. The van der Waals surface area contributed by atoms with Crippen molar-refractivity contribution in [3.05, 3.63) is 24.0 Å². The van der Waals surface area contributed by atoms with E-state index >= 15 is 0 Å². The number of sulfone groups is 1. The quantitative estimate of drug-likeness (QED) is 0.847. The van der Waals surface area contributed by atoms with Crippen molar-refractivity contribution >= 4 is 27.3 Å². The first kappa shape index (κ1) is 17.7. The third-order valence-electron chi connectivity index (χ3n) is 4.60. The van der Waals surface area contributed by atoms with Crippen LogP contribution >= 0.6 is 0 Å². The molecule has 0 saturated carbocycles. The van der Waals surface area contributed by atoms with E-state index in [0.29, 0.717) is 6.42 Å². The molecule has 2 amide bonds. The second-order valence-corrected chi connectivity index (χ2v) is 8.57. The minimum Gasteiger partial charge on any atom is -0.494 e. The fourth-order valence-electron chi connectivity index (χ4n) is 3.27. The smallest absolute Gasteiger partial charge is 0.229 e. The molecule has 2 aliphatic heterocycles. The molecule has 2 fully saturated rings. The van der Waals surface area contributed by atoms with Gasteiger partial charge in [-0.1, -0.05) is 0 Å². The van der Waals surface area contributed by atoms with Crippen LogP contribution in [0.5, 0.6) is 5.75 Å². The van der Waals surface area contributed by atoms with Gasteiger partial charge in [0.25, 0.3) is 0 Å². The normalized spacial score (nSPS) is 25.2. The van der Waals surface area contributed by atoms with Gasteiger partial charge in [-0.05, 0) is 18.6 Å². The number of carbonyl (C=O) groups excluding carboxylic acids is 2. The zero-order chi connectivity index (χ0) is 18.2. The van der Waals surface area contributed by atoms with Crippen molar-refractivity contribution < 1.29 is 27.1 Å². The molecule has 1 aromatic rings. The highest BCUT2D eigenvalue weighted by Gasteiger charge is 2.41. The Morgan fingerprint density at radius 2 is 2.16 bits per heavy atom. The molecule has 1 aromatic carbocycles. The Labute approximate surface area is 145 Å². The van der Waals surface area contributed by atoms with Crippen LogP contribution in [0.1, 0.15) is 12.8 Å². The highest BCUT2D eigenvalue weighted by Crippen LogP contribution is 2.27. The molecule has 0 radical (unpaired) electrons. The predicted octanol–water partition coefficient (Wildman–Crippen LogP) is 0.808. The minimum absolute atomic E-state index is 0.0288. The molecule has 2 atom stereocenters. The molecule has 2 saturated heterocycles. The van der Waals surface area contributed by atoms with Crippen molar-refractivity contribution in [2.75, 3.05) is 30.5 Å². The zero-order valence-corrected chi connectivity index (χ0v) is 14.5. The van der Waals surface area contributed by atoms with E-state index in [9.17, 15) is 22.4 Å². The maximum Gasteiger partial charge on any atom is 0.229 e. The van der Waals surface area contributed by atoms with Gasteiger partial charge >= 0.3 is 0 Å². The third kappa shape index (κ3) is 3.76. The Kier molecular flexibility index (Phi) is 4.68. The Balaban J connectivity index is 1.64. The number of methoxy groups -OCH3 is 1. The van der Waals surface area contributed by atoms with Crippen LogP contribution in [-0.2, 0) is 19.4 Å². The first-order valence-electron chi connectivity index (χ1n) is 7.93. The van der Waals surface area contributed by atoms with Crippen molar-refractivity contribution in [1.29, 1.82) is 0 Å². The lowest BCUT2D eigenvalue weighted by Gasteiger charge is -2.22. The average molecular weight is 370 g/mol. The lowest BCUT2D eigenvalue weighted by Crippen LogP contribution is -2.38. The second kappa shape index (κ2) is 6.62. The molecule has 0 aliphatic carbocycles. The molecule has 0 aromatic heterocycles. The van der Waals surface area contributed by atoms with E-state index in [1.54, 1.807) is 0 Å². The summed E-state index contributed by atoms with van der Waals surface area (Å²) in [5.74, 6) is -1.69. The van der Waals surface area contributed by atoms with Gasteiger partial charge in [0.05, 0.1) is 24.5 Å². The maximum absolute atomic E-state index is 13.7. The van der Waals surface area contributed by atoms with Gasteiger partial charge < -0.3 is 15.0 Å². The van der Waals surface area contributed by atoms with Crippen LogP contribution < -0.4 is 10.1 Å². The van der Waals surface area contributed by atoms with Crippen LogP contribution in [0.15, 0.2) is 18.2 Å². The number of ether oxygens (including phenoxy) is 1. The van der Waals surface area contributed by atoms with E-state index in [-0.39, 0.29) is 53.8 Å². The lowest BCUT2D eigenvalue weighted by molar-refractivity contribution is -0.129. The third-order valence-corrected chi connectivity index (χ3v) is 6.35. The van der Waals surface area contributed by atoms with Gasteiger partial charge in [0, 0.05) is 30.8 Å². The summed E-state index contributed by atoms with van der Waals surface area (Å²) < 4.78 is 41.7. The molecule has 136 valence electrons. The van der Waals surface area contributed by atoms with E-state index < -0.39 is 21.6 Å². The first-order valence-corrected chi connectivity index (χ1v) is 9.75. The van der Waals surface area contributed by atoms with Gasteiger partial charge in [-0.15, -0.1) is 0 Å². The monoisotopic (exact) mass is 370 g/mol. The van der Waals surface area contributed by atoms with E-state index in [4.69, 9.17) is 4.74 Å². The maximum atomic E-state index is 13.7. The number of nitrogens with one attached hydrogen (secondary N) is 1. The standard InChI is InChI=1S/C16H19FN2O5S/c1-24-14-3-2-11(7-13(14)17)18-16(21)10-6-15(20)19(8-10)12-4-5-25(22,23)9-12/h2-3,7,10,12H,4-6,8-9H2,1H3,(H,18,21)/t10-,12-/m0/s1. The number of benzene rings is 1. The Bertz CT molecular complexity index is 811. The number of rotatable bonds is 4. The van der Waals surface area contributed by atoms with Crippen LogP contribution in [0.3, 0.4) is 0 Å². The van der Waals surface area contributed by atoms with Crippen LogP contribution in [-0.4, -0.2) is 56.3 Å². The summed E-state index contributed by atoms with van der Waals surface area (Å²) in [5, 5.41) is 2.59. The summed E-state index contributed by atoms with van der Waals surface area (Å²) in [4.78, 5) is 26.0. The number of hydrogen-bond acceptors (Lipinski definition) is 5. The summed E-state index contributed by atoms with van der Waals surface area (Å²) in [5.41, 5.74) is 0.276. The molecule has 7 nitrogen and oxygen atoms in total. The summed E-state index contributed by atoms with van der Waals surface area (Å²) in [6.07, 6.45) is 0.438. The lowest BCUT2D eigenvalue weighted by atomic mass is 10.1. The highest BCUT2D eigenvalue weighted by molar-refractivity contribution is 7.91. The van der Waals surface area contributed by atoms with E-state index in [1.807, 2.05) is 0 Å². The predicted molar refractivity (Wildman–Crippen MR) is 88.5 cm³/mol. The van der Waals surface area contributed by atoms with Gasteiger partial charge in [0.1, 0.15) is 0 Å². The Hall–Kier alpha value is -2.16. The van der Waals surface area contributed by atoms with Gasteiger partial charge in [-0.2, -0.15) is 0 Å². The van der Waals surface area contributed by atoms with Gasteiger partial charge in [0.15, 0.2) is 21.4 Å². The summed E-state index contributed by atoms with van der Waals surface area (Å²) in [6.45, 7) is 0.184.